The van der Waals surface area contributed by atoms with Crippen LogP contribution in [0.4, 0.5) is 0 Å². The Labute approximate surface area is 153 Å². The fourth-order valence-corrected chi connectivity index (χ4v) is 2.86. The van der Waals surface area contributed by atoms with E-state index in [1.165, 1.54) is 0 Å². The van der Waals surface area contributed by atoms with Crippen LogP contribution in [0, 0.1) is 0 Å². The highest BCUT2D eigenvalue weighted by atomic mass is 79.9. The van der Waals surface area contributed by atoms with Gasteiger partial charge in [0.2, 0.25) is 0 Å². The SMILES string of the molecule is C=C(c1cc(Br)nc(-c2ccnn2C(C)(C)C)c1)N(C)C(C)(C)C. The van der Waals surface area contributed by atoms with Crippen LogP contribution >= 0.6 is 15.9 Å². The topological polar surface area (TPSA) is 34.0 Å². The van der Waals surface area contributed by atoms with Crippen LogP contribution in [0.5, 0.6) is 0 Å². The summed E-state index contributed by atoms with van der Waals surface area (Å²) in [7, 11) is 2.07. The molecule has 130 valence electrons. The predicted octanol–water partition coefficient (Wildman–Crippen LogP) is 5.16. The molecule has 24 heavy (non-hydrogen) atoms. The monoisotopic (exact) mass is 390 g/mol. The van der Waals surface area contributed by atoms with E-state index in [9.17, 15) is 0 Å². The molecule has 5 heteroatoms. The van der Waals surface area contributed by atoms with Crippen LogP contribution in [-0.4, -0.2) is 32.3 Å². The third-order valence-electron chi connectivity index (χ3n) is 4.08. The molecular weight excluding hydrogens is 364 g/mol. The molecule has 0 aliphatic heterocycles. The molecule has 0 atom stereocenters. The van der Waals surface area contributed by atoms with Crippen LogP contribution in [0.15, 0.2) is 35.6 Å². The second-order valence-corrected chi connectivity index (χ2v) is 8.85. The first-order valence-corrected chi connectivity index (χ1v) is 8.86. The minimum absolute atomic E-state index is 0.000174. The molecule has 0 saturated heterocycles. The Hall–Kier alpha value is -1.62. The van der Waals surface area contributed by atoms with Crippen LogP contribution in [0.25, 0.3) is 17.1 Å². The highest BCUT2D eigenvalue weighted by molar-refractivity contribution is 9.10. The predicted molar refractivity (Wildman–Crippen MR) is 105 cm³/mol. The van der Waals surface area contributed by atoms with Crippen LogP contribution in [0.3, 0.4) is 0 Å². The van der Waals surface area contributed by atoms with Gasteiger partial charge in [-0.2, -0.15) is 5.10 Å². The quantitative estimate of drug-likeness (QED) is 0.678. The van der Waals surface area contributed by atoms with Crippen molar-refractivity contribution in [1.82, 2.24) is 19.7 Å². The maximum Gasteiger partial charge on any atom is 0.107 e. The molecule has 0 fully saturated rings. The van der Waals surface area contributed by atoms with Crippen molar-refractivity contribution < 1.29 is 0 Å². The van der Waals surface area contributed by atoms with E-state index in [1.807, 2.05) is 23.0 Å². The van der Waals surface area contributed by atoms with Crippen molar-refractivity contribution in [1.29, 1.82) is 0 Å². The summed E-state index contributed by atoms with van der Waals surface area (Å²) in [4.78, 5) is 6.83. The van der Waals surface area contributed by atoms with E-state index in [2.05, 4.69) is 92.1 Å². The first-order valence-electron chi connectivity index (χ1n) is 8.07. The van der Waals surface area contributed by atoms with Gasteiger partial charge >= 0.3 is 0 Å². The van der Waals surface area contributed by atoms with Crippen LogP contribution in [0.2, 0.25) is 0 Å². The highest BCUT2D eigenvalue weighted by Crippen LogP contribution is 2.30. The molecule has 0 saturated carbocycles. The fraction of sp³-hybridized carbons (Fsp3) is 0.474. The molecule has 0 radical (unpaired) electrons. The number of rotatable bonds is 3. The normalized spacial score (nSPS) is 12.3. The summed E-state index contributed by atoms with van der Waals surface area (Å²) >= 11 is 3.54. The summed E-state index contributed by atoms with van der Waals surface area (Å²) in [5.74, 6) is 0. The zero-order valence-corrected chi connectivity index (χ0v) is 17.3. The van der Waals surface area contributed by atoms with E-state index < -0.39 is 0 Å². The average Bonchev–Trinajstić information content (AvgIpc) is 2.93. The minimum Gasteiger partial charge on any atom is -0.370 e. The molecule has 0 bridgehead atoms. The van der Waals surface area contributed by atoms with Gasteiger partial charge in [0.1, 0.15) is 4.60 Å². The number of hydrogen-bond donors (Lipinski definition) is 0. The molecule has 0 unspecified atom stereocenters. The van der Waals surface area contributed by atoms with Gasteiger partial charge in [-0.1, -0.05) is 6.58 Å². The van der Waals surface area contributed by atoms with Gasteiger partial charge in [-0.15, -0.1) is 0 Å². The van der Waals surface area contributed by atoms with Crippen molar-refractivity contribution in [3.05, 3.63) is 41.1 Å². The molecule has 2 aromatic rings. The average molecular weight is 391 g/mol. The van der Waals surface area contributed by atoms with E-state index in [-0.39, 0.29) is 11.1 Å². The van der Waals surface area contributed by atoms with E-state index in [0.29, 0.717) is 0 Å². The standard InChI is InChI=1S/C19H27BrN4/c1-13(23(8)18(2,3)4)14-11-15(22-17(20)12-14)16-9-10-21-24(16)19(5,6)7/h9-12H,1H2,2-8H3. The highest BCUT2D eigenvalue weighted by Gasteiger charge is 2.22. The Balaban J connectivity index is 2.52. The first kappa shape index (κ1) is 18.7. The first-order chi connectivity index (χ1) is 10.9. The van der Waals surface area contributed by atoms with Crippen molar-refractivity contribution >= 4 is 21.6 Å². The molecule has 2 aromatic heterocycles. The largest absolute Gasteiger partial charge is 0.370 e. The number of halogens is 1. The van der Waals surface area contributed by atoms with E-state index in [4.69, 9.17) is 0 Å². The molecule has 4 nitrogen and oxygen atoms in total. The number of hydrogen-bond acceptors (Lipinski definition) is 3. The molecule has 0 spiro atoms. The third kappa shape index (κ3) is 3.89. The summed E-state index contributed by atoms with van der Waals surface area (Å²) < 4.78 is 2.79. The smallest absolute Gasteiger partial charge is 0.107 e. The Kier molecular flexibility index (Phi) is 4.96. The molecular formula is C19H27BrN4. The number of pyridine rings is 1. The second-order valence-electron chi connectivity index (χ2n) is 8.04. The third-order valence-corrected chi connectivity index (χ3v) is 4.49. The van der Waals surface area contributed by atoms with Crippen molar-refractivity contribution in [2.24, 2.45) is 0 Å². The van der Waals surface area contributed by atoms with Gasteiger partial charge in [0.15, 0.2) is 0 Å². The van der Waals surface area contributed by atoms with E-state index in [0.717, 1.165) is 27.3 Å². The van der Waals surface area contributed by atoms with Crippen molar-refractivity contribution in [3.63, 3.8) is 0 Å². The van der Waals surface area contributed by atoms with Gasteiger partial charge < -0.3 is 4.90 Å². The maximum atomic E-state index is 4.65. The molecule has 0 amide bonds. The summed E-state index contributed by atoms with van der Waals surface area (Å²) in [6.07, 6.45) is 1.82. The summed E-state index contributed by atoms with van der Waals surface area (Å²) in [5.41, 5.74) is 3.79. The van der Waals surface area contributed by atoms with Crippen molar-refractivity contribution in [2.75, 3.05) is 7.05 Å². The Morgan fingerprint density at radius 2 is 1.79 bits per heavy atom. The van der Waals surface area contributed by atoms with Crippen LogP contribution in [0.1, 0.15) is 47.1 Å². The summed E-state index contributed by atoms with van der Waals surface area (Å²) in [6.45, 7) is 17.2. The maximum absolute atomic E-state index is 4.65. The lowest BCUT2D eigenvalue weighted by Crippen LogP contribution is -2.36. The molecule has 2 rings (SSSR count). The van der Waals surface area contributed by atoms with Crippen LogP contribution < -0.4 is 0 Å². The lowest BCUT2D eigenvalue weighted by molar-refractivity contribution is 0.266. The van der Waals surface area contributed by atoms with E-state index in [1.54, 1.807) is 0 Å². The number of nitrogens with zero attached hydrogens (tertiary/aromatic N) is 4. The zero-order chi connectivity index (χ0) is 18.3. The molecule has 0 aromatic carbocycles. The lowest BCUT2D eigenvalue weighted by atomic mass is 10.0. The fourth-order valence-electron chi connectivity index (χ4n) is 2.43. The van der Waals surface area contributed by atoms with Crippen LogP contribution in [-0.2, 0) is 5.54 Å². The van der Waals surface area contributed by atoms with Gasteiger partial charge in [-0.25, -0.2) is 4.98 Å². The van der Waals surface area contributed by atoms with Crippen molar-refractivity contribution in [2.45, 2.75) is 52.6 Å². The second kappa shape index (κ2) is 6.36. The Morgan fingerprint density at radius 1 is 1.17 bits per heavy atom. The van der Waals surface area contributed by atoms with Gasteiger partial charge in [0.05, 0.1) is 16.9 Å². The van der Waals surface area contributed by atoms with Gasteiger partial charge in [0.25, 0.3) is 0 Å². The minimum atomic E-state index is -0.109. The molecule has 0 aliphatic rings. The van der Waals surface area contributed by atoms with Gasteiger partial charge in [0, 0.05) is 30.0 Å². The molecule has 0 N–H and O–H groups in total. The molecule has 0 aliphatic carbocycles. The summed E-state index contributed by atoms with van der Waals surface area (Å²) in [5, 5.41) is 4.47. The van der Waals surface area contributed by atoms with Gasteiger partial charge in [-0.05, 0) is 75.7 Å². The Bertz CT molecular complexity index is 747. The van der Waals surface area contributed by atoms with Gasteiger partial charge in [-0.3, -0.25) is 4.68 Å². The van der Waals surface area contributed by atoms with Crippen molar-refractivity contribution in [3.8, 4) is 11.4 Å². The lowest BCUT2D eigenvalue weighted by Gasteiger charge is -2.35. The Morgan fingerprint density at radius 3 is 2.33 bits per heavy atom. The zero-order valence-electron chi connectivity index (χ0n) is 15.7. The van der Waals surface area contributed by atoms with E-state index >= 15 is 0 Å². The number of aromatic nitrogens is 3. The molecule has 2 heterocycles. The summed E-state index contributed by atoms with van der Waals surface area (Å²) in [6, 6.07) is 6.08.